The molecule has 7 heteroatoms. The second kappa shape index (κ2) is 5.16. The van der Waals surface area contributed by atoms with Crippen LogP contribution in [-0.2, 0) is 14.8 Å². The van der Waals surface area contributed by atoms with Crippen LogP contribution in [0.25, 0.3) is 0 Å². The zero-order valence-electron chi connectivity index (χ0n) is 9.34. The number of carboxylic acids is 1. The lowest BCUT2D eigenvalue weighted by molar-refractivity contribution is -0.137. The maximum Gasteiger partial charge on any atom is 0.318 e. The maximum atomic E-state index is 12.0. The third kappa shape index (κ3) is 3.27. The van der Waals surface area contributed by atoms with Crippen molar-refractivity contribution in [2.24, 2.45) is 0 Å². The molecule has 0 spiro atoms. The zero-order valence-corrected chi connectivity index (χ0v) is 11.7. The highest BCUT2D eigenvalue weighted by Crippen LogP contribution is 2.25. The summed E-state index contributed by atoms with van der Waals surface area (Å²) < 4.78 is 25.3. The van der Waals surface area contributed by atoms with Crippen LogP contribution >= 0.6 is 15.9 Å². The Kier molecular flexibility index (Phi) is 4.29. The molecular formula is C10H12BrNO4S. The molecule has 0 fully saturated rings. The summed E-state index contributed by atoms with van der Waals surface area (Å²) in [4.78, 5) is 10.6. The number of sulfonamides is 1. The smallest absolute Gasteiger partial charge is 0.318 e. The molecule has 0 aliphatic heterocycles. The van der Waals surface area contributed by atoms with E-state index in [-0.39, 0.29) is 4.90 Å². The number of hydrogen-bond donors (Lipinski definition) is 1. The molecule has 1 aromatic rings. The number of carbonyl (C=O) groups is 1. The Morgan fingerprint density at radius 3 is 2.53 bits per heavy atom. The number of benzene rings is 1. The van der Waals surface area contributed by atoms with E-state index >= 15 is 0 Å². The Bertz CT molecular complexity index is 541. The average Bonchev–Trinajstić information content (AvgIpc) is 2.15. The van der Waals surface area contributed by atoms with Crippen LogP contribution in [0.15, 0.2) is 27.6 Å². The van der Waals surface area contributed by atoms with Gasteiger partial charge in [-0.1, -0.05) is 6.07 Å². The van der Waals surface area contributed by atoms with Crippen molar-refractivity contribution in [1.29, 1.82) is 0 Å². The van der Waals surface area contributed by atoms with E-state index in [4.69, 9.17) is 5.11 Å². The molecule has 1 rings (SSSR count). The molecule has 1 aromatic carbocycles. The molecule has 0 unspecified atom stereocenters. The Balaban J connectivity index is 3.17. The fraction of sp³-hybridized carbons (Fsp3) is 0.300. The number of nitrogens with zero attached hydrogens (tertiary/aromatic N) is 1. The van der Waals surface area contributed by atoms with Gasteiger partial charge in [0, 0.05) is 11.5 Å². The first-order valence-electron chi connectivity index (χ1n) is 4.69. The van der Waals surface area contributed by atoms with E-state index in [1.807, 2.05) is 6.92 Å². The van der Waals surface area contributed by atoms with Gasteiger partial charge in [0.25, 0.3) is 0 Å². The van der Waals surface area contributed by atoms with Crippen LogP contribution in [0.4, 0.5) is 0 Å². The van der Waals surface area contributed by atoms with Gasteiger partial charge >= 0.3 is 5.97 Å². The van der Waals surface area contributed by atoms with E-state index in [1.54, 1.807) is 12.1 Å². The first-order valence-corrected chi connectivity index (χ1v) is 6.92. The second-order valence-corrected chi connectivity index (χ2v) is 6.46. The third-order valence-corrected chi connectivity index (χ3v) is 4.91. The lowest BCUT2D eigenvalue weighted by Gasteiger charge is -2.16. The van der Waals surface area contributed by atoms with E-state index in [0.29, 0.717) is 4.47 Å². The van der Waals surface area contributed by atoms with Gasteiger partial charge in [0.2, 0.25) is 10.0 Å². The number of carboxylic acid groups (broad SMARTS) is 1. The molecule has 17 heavy (non-hydrogen) atoms. The molecular weight excluding hydrogens is 310 g/mol. The highest BCUT2D eigenvalue weighted by molar-refractivity contribution is 9.10. The monoisotopic (exact) mass is 321 g/mol. The first-order chi connectivity index (χ1) is 7.75. The summed E-state index contributed by atoms with van der Waals surface area (Å²) in [6, 6.07) is 4.78. The summed E-state index contributed by atoms with van der Waals surface area (Å²) in [5.41, 5.74) is 0.914. The molecule has 0 saturated carbocycles. The van der Waals surface area contributed by atoms with E-state index in [1.165, 1.54) is 13.1 Å². The number of rotatable bonds is 4. The van der Waals surface area contributed by atoms with Gasteiger partial charge in [0.15, 0.2) is 0 Å². The summed E-state index contributed by atoms with van der Waals surface area (Å²) in [5, 5.41) is 8.59. The van der Waals surface area contributed by atoms with E-state index in [9.17, 15) is 13.2 Å². The average molecular weight is 322 g/mol. The van der Waals surface area contributed by atoms with E-state index in [0.717, 1.165) is 9.87 Å². The molecule has 0 amide bonds. The third-order valence-electron chi connectivity index (χ3n) is 2.13. The standard InChI is InChI=1S/C10H12BrNO4S/c1-7-3-4-9(8(11)5-7)17(15,16)12(2)6-10(13)14/h3-5H,6H2,1-2H3,(H,13,14). The SMILES string of the molecule is Cc1ccc(S(=O)(=O)N(C)CC(=O)O)c(Br)c1. The van der Waals surface area contributed by atoms with Crippen molar-refractivity contribution in [2.75, 3.05) is 13.6 Å². The van der Waals surface area contributed by atoms with Gasteiger partial charge in [-0.3, -0.25) is 4.79 Å². The fourth-order valence-corrected chi connectivity index (χ4v) is 3.53. The molecule has 5 nitrogen and oxygen atoms in total. The summed E-state index contributed by atoms with van der Waals surface area (Å²) >= 11 is 3.16. The van der Waals surface area contributed by atoms with Crippen molar-refractivity contribution < 1.29 is 18.3 Å². The van der Waals surface area contributed by atoms with Gasteiger partial charge in [-0.05, 0) is 40.5 Å². The van der Waals surface area contributed by atoms with Crippen LogP contribution in [0.3, 0.4) is 0 Å². The number of hydrogen-bond acceptors (Lipinski definition) is 3. The maximum absolute atomic E-state index is 12.0. The van der Waals surface area contributed by atoms with Gasteiger partial charge in [-0.25, -0.2) is 8.42 Å². The van der Waals surface area contributed by atoms with Crippen LogP contribution in [0.1, 0.15) is 5.56 Å². The molecule has 0 aromatic heterocycles. The predicted molar refractivity (Wildman–Crippen MR) is 66.3 cm³/mol. The minimum Gasteiger partial charge on any atom is -0.480 e. The highest BCUT2D eigenvalue weighted by Gasteiger charge is 2.24. The summed E-state index contributed by atoms with van der Waals surface area (Å²) in [6.45, 7) is 1.27. The Morgan fingerprint density at radius 2 is 2.06 bits per heavy atom. The van der Waals surface area contributed by atoms with Crippen LogP contribution in [0.2, 0.25) is 0 Å². The minimum atomic E-state index is -3.78. The highest BCUT2D eigenvalue weighted by atomic mass is 79.9. The largest absolute Gasteiger partial charge is 0.480 e. The molecule has 1 N–H and O–H groups in total. The molecule has 0 aliphatic carbocycles. The van der Waals surface area contributed by atoms with Gasteiger partial charge < -0.3 is 5.11 Å². The minimum absolute atomic E-state index is 0.0619. The summed E-state index contributed by atoms with van der Waals surface area (Å²) in [7, 11) is -2.54. The van der Waals surface area contributed by atoms with Gasteiger partial charge in [0.1, 0.15) is 6.54 Å². The number of halogens is 1. The number of likely N-dealkylation sites (N-methyl/N-ethyl adjacent to an activating group) is 1. The van der Waals surface area contributed by atoms with Gasteiger partial charge in [-0.15, -0.1) is 0 Å². The van der Waals surface area contributed by atoms with Gasteiger partial charge in [-0.2, -0.15) is 4.31 Å². The van der Waals surface area contributed by atoms with Gasteiger partial charge in [0.05, 0.1) is 4.90 Å². The predicted octanol–water partition coefficient (Wildman–Crippen LogP) is 1.46. The quantitative estimate of drug-likeness (QED) is 0.911. The van der Waals surface area contributed by atoms with Crippen molar-refractivity contribution in [2.45, 2.75) is 11.8 Å². The van der Waals surface area contributed by atoms with E-state index in [2.05, 4.69) is 15.9 Å². The van der Waals surface area contributed by atoms with Crippen LogP contribution < -0.4 is 0 Å². The van der Waals surface area contributed by atoms with Crippen LogP contribution in [0.5, 0.6) is 0 Å². The molecule has 0 saturated heterocycles. The molecule has 0 bridgehead atoms. The summed E-state index contributed by atoms with van der Waals surface area (Å²) in [5.74, 6) is -1.20. The Labute approximate surface area is 108 Å². The normalized spacial score (nSPS) is 11.8. The van der Waals surface area contributed by atoms with Crippen LogP contribution in [0, 0.1) is 6.92 Å². The molecule has 0 atom stereocenters. The van der Waals surface area contributed by atoms with Crippen molar-refractivity contribution in [3.05, 3.63) is 28.2 Å². The Hall–Kier alpha value is -0.920. The van der Waals surface area contributed by atoms with Crippen molar-refractivity contribution >= 4 is 31.9 Å². The first kappa shape index (κ1) is 14.1. The van der Waals surface area contributed by atoms with Crippen molar-refractivity contribution in [3.8, 4) is 0 Å². The zero-order chi connectivity index (χ0) is 13.2. The molecule has 0 heterocycles. The number of aryl methyl sites for hydroxylation is 1. The van der Waals surface area contributed by atoms with Crippen molar-refractivity contribution in [1.82, 2.24) is 4.31 Å². The molecule has 0 aliphatic rings. The Morgan fingerprint density at radius 1 is 1.47 bits per heavy atom. The topological polar surface area (TPSA) is 74.7 Å². The summed E-state index contributed by atoms with van der Waals surface area (Å²) in [6.07, 6.45) is 0. The van der Waals surface area contributed by atoms with Crippen molar-refractivity contribution in [3.63, 3.8) is 0 Å². The fourth-order valence-electron chi connectivity index (χ4n) is 1.26. The van der Waals surface area contributed by atoms with Crippen LogP contribution in [-0.4, -0.2) is 37.4 Å². The number of aliphatic carboxylic acids is 1. The lowest BCUT2D eigenvalue weighted by atomic mass is 10.2. The van der Waals surface area contributed by atoms with E-state index < -0.39 is 22.5 Å². The lowest BCUT2D eigenvalue weighted by Crippen LogP contribution is -2.32. The second-order valence-electron chi connectivity index (χ2n) is 3.59. The molecule has 0 radical (unpaired) electrons. The molecule has 94 valence electrons.